The molecular weight excluding hydrogens is 940 g/mol. The lowest BCUT2D eigenvalue weighted by Crippen LogP contribution is -2.61. The molecule has 6 rings (SSSR count). The number of carbonyl (C=O) groups excluding carboxylic acids is 2. The van der Waals surface area contributed by atoms with E-state index in [2.05, 4.69) is 11.0 Å². The van der Waals surface area contributed by atoms with E-state index in [1.54, 1.807) is 53.5 Å². The Morgan fingerprint density at radius 2 is 1.61 bits per heavy atom. The molecule has 0 saturated carbocycles. The average molecular weight is 1030 g/mol. The lowest BCUT2D eigenvalue weighted by molar-refractivity contribution is -0.318. The third-order valence-electron chi connectivity index (χ3n) is 15.9. The molecule has 7 N–H and O–H groups in total. The molecule has 4 fully saturated rings. The van der Waals surface area contributed by atoms with Crippen molar-refractivity contribution in [2.45, 2.75) is 198 Å². The number of likely N-dealkylation sites (N-methyl/N-ethyl adjacent to an activating group) is 2. The third-order valence-corrected chi connectivity index (χ3v) is 15.9. The van der Waals surface area contributed by atoms with Crippen molar-refractivity contribution in [2.75, 3.05) is 52.3 Å². The molecule has 4 saturated heterocycles. The molecular formula is C51H85FN6O14. The first kappa shape index (κ1) is 58.0. The molecule has 5 aliphatic rings. The largest absolute Gasteiger partial charge is 0.459 e. The fourth-order valence-corrected chi connectivity index (χ4v) is 11.4. The van der Waals surface area contributed by atoms with Crippen LogP contribution in [-0.2, 0) is 38.0 Å². The smallest absolute Gasteiger partial charge is 0.414 e. The summed E-state index contributed by atoms with van der Waals surface area (Å²) in [5, 5.41) is 61.5. The first-order valence-corrected chi connectivity index (χ1v) is 25.7. The number of nitrogens with zero attached hydrogens (tertiary/aromatic N) is 4. The molecule has 1 aromatic carbocycles. The maximum atomic E-state index is 14.5. The summed E-state index contributed by atoms with van der Waals surface area (Å²) in [5.74, 6) is -3.24. The van der Waals surface area contributed by atoms with E-state index in [-0.39, 0.29) is 31.3 Å². The molecule has 5 heterocycles. The Morgan fingerprint density at radius 3 is 2.26 bits per heavy atom. The molecule has 72 heavy (non-hydrogen) atoms. The number of esters is 1. The normalized spacial score (nSPS) is 42.1. The van der Waals surface area contributed by atoms with Gasteiger partial charge in [0.15, 0.2) is 12.6 Å². The molecule has 0 aliphatic carbocycles. The van der Waals surface area contributed by atoms with Crippen molar-refractivity contribution in [3.8, 4) is 0 Å². The predicted octanol–water partition coefficient (Wildman–Crippen LogP) is 2.99. The van der Waals surface area contributed by atoms with E-state index in [1.165, 1.54) is 43.2 Å². The Bertz CT molecular complexity index is 1990. The summed E-state index contributed by atoms with van der Waals surface area (Å²) in [6, 6.07) is 4.64. The minimum atomic E-state index is -1.85. The average Bonchev–Trinajstić information content (AvgIpc) is 3.94. The van der Waals surface area contributed by atoms with Gasteiger partial charge in [-0.3, -0.25) is 14.7 Å². The van der Waals surface area contributed by atoms with Crippen LogP contribution in [0.25, 0.3) is 0 Å². The van der Waals surface area contributed by atoms with Crippen molar-refractivity contribution in [1.82, 2.24) is 25.8 Å². The Labute approximate surface area is 424 Å². The van der Waals surface area contributed by atoms with Crippen LogP contribution in [0.4, 0.5) is 14.9 Å². The van der Waals surface area contributed by atoms with Crippen LogP contribution in [0.1, 0.15) is 101 Å². The van der Waals surface area contributed by atoms with Crippen molar-refractivity contribution in [3.05, 3.63) is 42.0 Å². The van der Waals surface area contributed by atoms with Gasteiger partial charge in [-0.05, 0) is 112 Å². The number of benzene rings is 1. The zero-order valence-electron chi connectivity index (χ0n) is 44.6. The molecule has 21 heteroatoms. The minimum Gasteiger partial charge on any atom is -0.459 e. The van der Waals surface area contributed by atoms with E-state index in [1.807, 2.05) is 43.9 Å². The highest BCUT2D eigenvalue weighted by Gasteiger charge is 2.53. The van der Waals surface area contributed by atoms with E-state index in [0.29, 0.717) is 44.7 Å². The standard InChI is InChI=1S/C51H85FN6O14/c1-14-39-51(10,65)43(60)32(6)56(12)24-28(2)22-49(8,64)45(30(4)42(31(5)46(62)70-39)71-40-23-50(9,66-13)44(61)33(7)68-40)72-47-41(59)38(21-29(3)67-47)55(11)20-19-35-25-57(54-53-35)26-37-27-58(48(63)69-37)36-17-15-34(52)16-18-36/h15-18,25,28-33,37-45,47,53-54,59-61,64-65H,14,19-24,26-27H2,1-13H3/t28-,29-,30+,31-,32-,33+,37+,38+,39-,40+,41-,42+,43-,44+,45-,47+,49-,50-,51-/m1/s1. The van der Waals surface area contributed by atoms with Gasteiger partial charge >= 0.3 is 12.1 Å². The van der Waals surface area contributed by atoms with Crippen molar-refractivity contribution in [3.63, 3.8) is 0 Å². The molecule has 5 aliphatic heterocycles. The van der Waals surface area contributed by atoms with Gasteiger partial charge < -0.3 is 73.9 Å². The van der Waals surface area contributed by atoms with E-state index in [4.69, 9.17) is 33.2 Å². The maximum Gasteiger partial charge on any atom is 0.414 e. The number of rotatable bonds is 13. The van der Waals surface area contributed by atoms with Crippen LogP contribution in [-0.4, -0.2) is 196 Å². The van der Waals surface area contributed by atoms with Gasteiger partial charge in [-0.15, -0.1) is 5.53 Å². The number of halogens is 1. The number of hydrogen-bond donors (Lipinski definition) is 7. The summed E-state index contributed by atoms with van der Waals surface area (Å²) in [4.78, 5) is 32.6. The highest BCUT2D eigenvalue weighted by atomic mass is 19.1. The number of amides is 1. The number of aliphatic hydroxyl groups excluding tert-OH is 3. The third kappa shape index (κ3) is 13.2. The minimum absolute atomic E-state index is 0.0890. The van der Waals surface area contributed by atoms with E-state index < -0.39 is 120 Å². The van der Waals surface area contributed by atoms with Gasteiger partial charge in [0.2, 0.25) is 0 Å². The van der Waals surface area contributed by atoms with E-state index >= 15 is 0 Å². The fourth-order valence-electron chi connectivity index (χ4n) is 11.4. The van der Waals surface area contributed by atoms with E-state index in [0.717, 1.165) is 5.70 Å². The van der Waals surface area contributed by atoms with Gasteiger partial charge in [0.1, 0.15) is 41.9 Å². The maximum absolute atomic E-state index is 14.5. The molecule has 20 nitrogen and oxygen atoms in total. The van der Waals surface area contributed by atoms with Crippen LogP contribution in [0.3, 0.4) is 0 Å². The van der Waals surface area contributed by atoms with Crippen molar-refractivity contribution >= 4 is 17.7 Å². The molecule has 0 aromatic heterocycles. The van der Waals surface area contributed by atoms with Crippen LogP contribution in [0, 0.1) is 23.6 Å². The van der Waals surface area contributed by atoms with Crippen LogP contribution >= 0.6 is 0 Å². The van der Waals surface area contributed by atoms with Crippen LogP contribution in [0.2, 0.25) is 0 Å². The van der Waals surface area contributed by atoms with Gasteiger partial charge in [-0.2, -0.15) is 0 Å². The summed E-state index contributed by atoms with van der Waals surface area (Å²) in [6.07, 6.45) is -7.79. The summed E-state index contributed by atoms with van der Waals surface area (Å²) >= 11 is 0. The summed E-state index contributed by atoms with van der Waals surface area (Å²) in [6.45, 7) is 19.0. The molecule has 0 spiro atoms. The van der Waals surface area contributed by atoms with Crippen LogP contribution in [0.5, 0.6) is 0 Å². The van der Waals surface area contributed by atoms with Gasteiger partial charge in [-0.25, -0.2) is 9.18 Å². The topological polar surface area (TPSA) is 237 Å². The Balaban J connectivity index is 1.23. The first-order valence-electron chi connectivity index (χ1n) is 25.7. The number of hydrogen-bond acceptors (Lipinski definition) is 19. The number of hydrazine groups is 2. The Kier molecular flexibility index (Phi) is 19.1. The zero-order chi connectivity index (χ0) is 53.2. The lowest BCUT2D eigenvalue weighted by Gasteiger charge is -2.49. The molecule has 1 amide bonds. The lowest BCUT2D eigenvalue weighted by atomic mass is 9.77. The molecule has 410 valence electrons. The fraction of sp³-hybridized carbons (Fsp3) is 0.804. The van der Waals surface area contributed by atoms with Gasteiger partial charge in [-0.1, -0.05) is 20.8 Å². The van der Waals surface area contributed by atoms with Crippen LogP contribution in [0.15, 0.2) is 36.2 Å². The molecule has 0 unspecified atom stereocenters. The summed E-state index contributed by atoms with van der Waals surface area (Å²) < 4.78 is 57.4. The van der Waals surface area contributed by atoms with E-state index in [9.17, 15) is 39.5 Å². The summed E-state index contributed by atoms with van der Waals surface area (Å²) in [5.41, 5.74) is 3.12. The highest BCUT2D eigenvalue weighted by molar-refractivity contribution is 5.89. The predicted molar refractivity (Wildman–Crippen MR) is 263 cm³/mol. The monoisotopic (exact) mass is 1020 g/mol. The first-order chi connectivity index (χ1) is 33.7. The van der Waals surface area contributed by atoms with Gasteiger partial charge in [0.25, 0.3) is 0 Å². The van der Waals surface area contributed by atoms with Gasteiger partial charge in [0.05, 0.1) is 54.6 Å². The molecule has 0 radical (unpaired) electrons. The Morgan fingerprint density at radius 1 is 0.931 bits per heavy atom. The number of carbonyl (C=O) groups is 2. The Hall–Kier alpha value is -3.29. The molecule has 0 bridgehead atoms. The number of anilines is 1. The zero-order valence-corrected chi connectivity index (χ0v) is 44.6. The summed E-state index contributed by atoms with van der Waals surface area (Å²) in [7, 11) is 5.24. The number of cyclic esters (lactones) is 2. The SMILES string of the molecule is CC[C@H]1OC(=O)[C@H](C)[C@@H](O[C@H]2C[C@@](C)(OC)[C@@H](O)[C@H](C)O2)[C@H](C)[C@@H](O[C@@H]2O[C@H](C)C[C@H](N(C)CCC3=CN(C[C@H]4CN(c5ccc(F)cc5)C(=O)O4)NN3)[C@H]2O)[C@](C)(O)C[C@@H](C)CN(C)[C@H](C)[C@@H](O)[C@]1(C)O. The van der Waals surface area contributed by atoms with Crippen molar-refractivity contribution in [1.29, 1.82) is 0 Å². The second-order valence-electron chi connectivity index (χ2n) is 22.1. The number of methoxy groups -OCH3 is 1. The number of aliphatic hydroxyl groups is 5. The van der Waals surface area contributed by atoms with Crippen LogP contribution < -0.4 is 15.9 Å². The van der Waals surface area contributed by atoms with Crippen molar-refractivity contribution < 1.29 is 72.7 Å². The molecule has 1 aromatic rings. The molecule has 19 atom stereocenters. The number of nitrogens with one attached hydrogen (secondary N) is 2. The van der Waals surface area contributed by atoms with Gasteiger partial charge in [0, 0.05) is 68.6 Å². The van der Waals surface area contributed by atoms with Crippen molar-refractivity contribution in [2.24, 2.45) is 17.8 Å². The highest BCUT2D eigenvalue weighted by Crippen LogP contribution is 2.40. The second kappa shape index (κ2) is 23.7. The quantitative estimate of drug-likeness (QED) is 0.141. The number of ether oxygens (including phenoxy) is 7. The second-order valence-corrected chi connectivity index (χ2v) is 22.1.